The Kier molecular flexibility index (Phi) is 6.07. The van der Waals surface area contributed by atoms with Gasteiger partial charge in [-0.3, -0.25) is 24.0 Å². The summed E-state index contributed by atoms with van der Waals surface area (Å²) in [4.78, 5) is 44.1. The number of rotatable bonds is 7. The summed E-state index contributed by atoms with van der Waals surface area (Å²) in [5.41, 5.74) is 4.76. The van der Waals surface area contributed by atoms with Gasteiger partial charge < -0.3 is 10.6 Å². The zero-order chi connectivity index (χ0) is 29.1. The summed E-state index contributed by atoms with van der Waals surface area (Å²) in [6.07, 6.45) is 13.3. The summed E-state index contributed by atoms with van der Waals surface area (Å²) < 4.78 is 2.07. The Morgan fingerprint density at radius 1 is 0.952 bits per heavy atom. The Labute approximate surface area is 243 Å². The van der Waals surface area contributed by atoms with Crippen molar-refractivity contribution in [2.45, 2.75) is 64.0 Å². The number of hydrogen-bond acceptors (Lipinski definition) is 6. The third-order valence-electron chi connectivity index (χ3n) is 8.42. The van der Waals surface area contributed by atoms with E-state index in [9.17, 15) is 9.59 Å². The van der Waals surface area contributed by atoms with Crippen LogP contribution in [0.5, 0.6) is 0 Å². The second-order valence-corrected chi connectivity index (χ2v) is 12.6. The first-order valence-corrected chi connectivity index (χ1v) is 14.5. The van der Waals surface area contributed by atoms with Gasteiger partial charge in [0.1, 0.15) is 11.7 Å². The SMILES string of the molecule is CC(C)(C)C(NC(=O)c1ccc(-c2cnc3ncc(C4(c5ccc6ncccc6c5)CC4)n3c2)cn1)C(=O)NC1CC1. The molecule has 7 rings (SSSR count). The van der Waals surface area contributed by atoms with Crippen LogP contribution in [0.25, 0.3) is 27.8 Å². The van der Waals surface area contributed by atoms with Crippen LogP contribution in [-0.4, -0.2) is 48.2 Å². The summed E-state index contributed by atoms with van der Waals surface area (Å²) >= 11 is 0. The second-order valence-electron chi connectivity index (χ2n) is 12.6. The second kappa shape index (κ2) is 9.72. The first-order chi connectivity index (χ1) is 20.2. The highest BCUT2D eigenvalue weighted by molar-refractivity contribution is 5.96. The van der Waals surface area contributed by atoms with Crippen molar-refractivity contribution in [3.8, 4) is 11.1 Å². The summed E-state index contributed by atoms with van der Waals surface area (Å²) in [5, 5.41) is 7.03. The van der Waals surface area contributed by atoms with Crippen molar-refractivity contribution in [2.75, 3.05) is 0 Å². The lowest BCUT2D eigenvalue weighted by Crippen LogP contribution is -2.54. The average molecular weight is 560 g/mol. The fraction of sp³-hybridized carbons (Fsp3) is 0.333. The molecular formula is C33H33N7O2. The molecule has 0 aliphatic heterocycles. The van der Waals surface area contributed by atoms with Gasteiger partial charge in [-0.05, 0) is 60.9 Å². The molecule has 9 heteroatoms. The molecule has 1 aromatic carbocycles. The van der Waals surface area contributed by atoms with Crippen LogP contribution < -0.4 is 10.6 Å². The Balaban J connectivity index is 1.14. The highest BCUT2D eigenvalue weighted by Gasteiger charge is 2.48. The lowest BCUT2D eigenvalue weighted by Gasteiger charge is -2.30. The number of aromatic nitrogens is 5. The van der Waals surface area contributed by atoms with Crippen LogP contribution in [0.3, 0.4) is 0 Å². The van der Waals surface area contributed by atoms with Crippen molar-refractivity contribution < 1.29 is 9.59 Å². The summed E-state index contributed by atoms with van der Waals surface area (Å²) in [7, 11) is 0. The molecule has 0 spiro atoms. The van der Waals surface area contributed by atoms with Gasteiger partial charge in [-0.25, -0.2) is 9.97 Å². The minimum atomic E-state index is -0.660. The molecule has 2 aliphatic rings. The highest BCUT2D eigenvalue weighted by atomic mass is 16.2. The van der Waals surface area contributed by atoms with Gasteiger partial charge in [0.15, 0.2) is 0 Å². The molecule has 2 saturated carbocycles. The third-order valence-corrected chi connectivity index (χ3v) is 8.42. The molecule has 1 atom stereocenters. The van der Waals surface area contributed by atoms with E-state index in [-0.39, 0.29) is 29.0 Å². The third kappa shape index (κ3) is 4.78. The molecule has 0 radical (unpaired) electrons. The van der Waals surface area contributed by atoms with E-state index in [0.717, 1.165) is 53.4 Å². The maximum atomic E-state index is 13.1. The van der Waals surface area contributed by atoms with Gasteiger partial charge >= 0.3 is 0 Å². The van der Waals surface area contributed by atoms with Crippen LogP contribution >= 0.6 is 0 Å². The van der Waals surface area contributed by atoms with Crippen LogP contribution in [0.15, 0.2) is 73.4 Å². The molecule has 2 N–H and O–H groups in total. The number of nitrogens with one attached hydrogen (secondary N) is 2. The van der Waals surface area contributed by atoms with Crippen LogP contribution in [0.1, 0.15) is 68.2 Å². The zero-order valence-corrected chi connectivity index (χ0v) is 24.0. The maximum absolute atomic E-state index is 13.1. The molecule has 2 fully saturated rings. The topological polar surface area (TPSA) is 114 Å². The van der Waals surface area contributed by atoms with Crippen molar-refractivity contribution in [3.05, 3.63) is 90.4 Å². The van der Waals surface area contributed by atoms with Gasteiger partial charge in [-0.1, -0.05) is 39.0 Å². The standard InChI is InChI=1S/C33H33N7O2/c1-32(2,3)28(30(42)38-24-8-9-24)39-29(41)26-10-6-21(16-35-26)22-17-36-31-37-18-27(40(31)19-22)33(12-13-33)23-7-11-25-20(15-23)5-4-14-34-25/h4-7,10-11,14-19,24,28H,8-9,12-13H2,1-3H3,(H,38,42)(H,39,41). The molecule has 9 nitrogen and oxygen atoms in total. The number of pyridine rings is 2. The fourth-order valence-corrected chi connectivity index (χ4v) is 5.66. The number of imidazole rings is 1. The Morgan fingerprint density at radius 3 is 2.45 bits per heavy atom. The fourth-order valence-electron chi connectivity index (χ4n) is 5.66. The maximum Gasteiger partial charge on any atom is 0.270 e. The van der Waals surface area contributed by atoms with Crippen LogP contribution in [0.2, 0.25) is 0 Å². The van der Waals surface area contributed by atoms with E-state index in [0.29, 0.717) is 5.78 Å². The smallest absolute Gasteiger partial charge is 0.270 e. The minimum absolute atomic E-state index is 0.112. The summed E-state index contributed by atoms with van der Waals surface area (Å²) in [6, 6.07) is 13.7. The number of carbonyl (C=O) groups is 2. The molecule has 5 aromatic rings. The highest BCUT2D eigenvalue weighted by Crippen LogP contribution is 2.53. The van der Waals surface area contributed by atoms with Crippen molar-refractivity contribution in [1.82, 2.24) is 35.0 Å². The van der Waals surface area contributed by atoms with Crippen molar-refractivity contribution >= 4 is 28.5 Å². The molecule has 2 amide bonds. The zero-order valence-electron chi connectivity index (χ0n) is 24.0. The molecule has 2 aliphatic carbocycles. The molecule has 0 bridgehead atoms. The van der Waals surface area contributed by atoms with Gasteiger partial charge in [0.25, 0.3) is 5.91 Å². The van der Waals surface area contributed by atoms with E-state index in [1.807, 2.05) is 51.5 Å². The predicted octanol–water partition coefficient (Wildman–Crippen LogP) is 4.84. The van der Waals surface area contributed by atoms with E-state index >= 15 is 0 Å². The van der Waals surface area contributed by atoms with Crippen LogP contribution in [0, 0.1) is 5.41 Å². The predicted molar refractivity (Wildman–Crippen MR) is 160 cm³/mol. The van der Waals surface area contributed by atoms with Gasteiger partial charge in [-0.15, -0.1) is 0 Å². The largest absolute Gasteiger partial charge is 0.352 e. The van der Waals surface area contributed by atoms with Gasteiger partial charge in [0.2, 0.25) is 11.7 Å². The van der Waals surface area contributed by atoms with Crippen molar-refractivity contribution in [3.63, 3.8) is 0 Å². The van der Waals surface area contributed by atoms with E-state index in [1.54, 1.807) is 18.5 Å². The number of benzene rings is 1. The van der Waals surface area contributed by atoms with Crippen molar-refractivity contribution in [2.24, 2.45) is 5.41 Å². The molecule has 1 unspecified atom stereocenters. The van der Waals surface area contributed by atoms with E-state index < -0.39 is 11.5 Å². The molecule has 4 aromatic heterocycles. The van der Waals surface area contributed by atoms with Crippen LogP contribution in [0.4, 0.5) is 0 Å². The van der Waals surface area contributed by atoms with E-state index in [1.165, 1.54) is 5.56 Å². The lowest BCUT2D eigenvalue weighted by atomic mass is 9.86. The molecular weight excluding hydrogens is 526 g/mol. The number of hydrogen-bond donors (Lipinski definition) is 2. The first-order valence-electron chi connectivity index (χ1n) is 14.5. The Morgan fingerprint density at radius 2 is 1.74 bits per heavy atom. The molecule has 212 valence electrons. The monoisotopic (exact) mass is 559 g/mol. The number of nitrogens with zero attached hydrogens (tertiary/aromatic N) is 5. The first kappa shape index (κ1) is 26.3. The van der Waals surface area contributed by atoms with E-state index in [4.69, 9.17) is 0 Å². The lowest BCUT2D eigenvalue weighted by molar-refractivity contribution is -0.125. The Bertz CT molecular complexity index is 1830. The normalized spacial score (nSPS) is 16.7. The van der Waals surface area contributed by atoms with Gasteiger partial charge in [0, 0.05) is 52.8 Å². The average Bonchev–Trinajstić information content (AvgIpc) is 3.93. The number of fused-ring (bicyclic) bond motifs is 2. The quantitative estimate of drug-likeness (QED) is 0.295. The van der Waals surface area contributed by atoms with Crippen LogP contribution in [-0.2, 0) is 10.2 Å². The summed E-state index contributed by atoms with van der Waals surface area (Å²) in [5.74, 6) is 0.113. The van der Waals surface area contributed by atoms with E-state index in [2.05, 4.69) is 59.2 Å². The van der Waals surface area contributed by atoms with Gasteiger partial charge in [-0.2, -0.15) is 0 Å². The minimum Gasteiger partial charge on any atom is -0.352 e. The molecule has 0 saturated heterocycles. The Hall–Kier alpha value is -4.66. The molecule has 42 heavy (non-hydrogen) atoms. The summed E-state index contributed by atoms with van der Waals surface area (Å²) in [6.45, 7) is 5.83. The van der Waals surface area contributed by atoms with Crippen molar-refractivity contribution in [1.29, 1.82) is 0 Å². The molecule has 4 heterocycles. The number of carbonyl (C=O) groups excluding carboxylic acids is 2. The van der Waals surface area contributed by atoms with Gasteiger partial charge in [0.05, 0.1) is 17.4 Å². The number of amides is 2.